The number of nitrogens with one attached hydrogen (secondary N) is 3. The van der Waals surface area contributed by atoms with Crippen molar-refractivity contribution in [2.75, 3.05) is 0 Å². The number of hydrogen-bond donors (Lipinski definition) is 8. The highest BCUT2D eigenvalue weighted by atomic mass is 16.4. The third-order valence-electron chi connectivity index (χ3n) is 4.51. The first-order chi connectivity index (χ1) is 15.8. The largest absolute Gasteiger partial charge is 0.508 e. The van der Waals surface area contributed by atoms with E-state index in [0.717, 1.165) is 0 Å². The number of carbonyl (C=O) groups is 6. The highest BCUT2D eigenvalue weighted by Crippen LogP contribution is 2.11. The second-order valence-electron chi connectivity index (χ2n) is 7.44. The lowest BCUT2D eigenvalue weighted by Gasteiger charge is -2.22. The van der Waals surface area contributed by atoms with Gasteiger partial charge in [0.2, 0.25) is 23.6 Å². The molecule has 0 radical (unpaired) electrons. The third-order valence-corrected chi connectivity index (χ3v) is 4.51. The van der Waals surface area contributed by atoms with E-state index in [4.69, 9.17) is 21.7 Å². The lowest BCUT2D eigenvalue weighted by molar-refractivity contribution is -0.144. The van der Waals surface area contributed by atoms with Gasteiger partial charge in [-0.2, -0.15) is 0 Å². The minimum atomic E-state index is -1.73. The molecule has 0 aliphatic rings. The van der Waals surface area contributed by atoms with Crippen molar-refractivity contribution in [3.63, 3.8) is 0 Å². The standard InChI is InChI=1S/C20H27N5O9/c1-9(23-18(31)12(21)6-10-2-4-11(26)5-3-10)17(30)24-13(8-16(28)29)19(32)25-14(20(33)34)7-15(22)27/h2-5,9,12-14,26H,6-8,21H2,1H3,(H2,22,27)(H,23,31)(H,24,30)(H,25,32)(H,28,29)(H,33,34). The van der Waals surface area contributed by atoms with Crippen LogP contribution in [0.4, 0.5) is 0 Å². The Morgan fingerprint density at radius 3 is 1.91 bits per heavy atom. The van der Waals surface area contributed by atoms with Gasteiger partial charge in [0.25, 0.3) is 0 Å². The summed E-state index contributed by atoms with van der Waals surface area (Å²) in [6, 6.07) is 0.251. The van der Waals surface area contributed by atoms with Crippen LogP contribution in [0.5, 0.6) is 5.75 Å². The Hall–Kier alpha value is -4.20. The Balaban J connectivity index is 2.77. The van der Waals surface area contributed by atoms with E-state index in [1.54, 1.807) is 12.1 Å². The second-order valence-corrected chi connectivity index (χ2v) is 7.44. The van der Waals surface area contributed by atoms with Gasteiger partial charge in [0.1, 0.15) is 23.9 Å². The van der Waals surface area contributed by atoms with E-state index in [1.165, 1.54) is 19.1 Å². The lowest BCUT2D eigenvalue weighted by atomic mass is 10.1. The number of hydrogen-bond acceptors (Lipinski definition) is 8. The van der Waals surface area contributed by atoms with Gasteiger partial charge in [0, 0.05) is 0 Å². The van der Waals surface area contributed by atoms with Crippen LogP contribution in [-0.2, 0) is 35.2 Å². The number of phenolic OH excluding ortho intramolecular Hbond substituents is 1. The number of benzene rings is 1. The van der Waals surface area contributed by atoms with Gasteiger partial charge >= 0.3 is 11.9 Å². The predicted molar refractivity (Wildman–Crippen MR) is 115 cm³/mol. The molecule has 0 fully saturated rings. The first-order valence-electron chi connectivity index (χ1n) is 9.97. The highest BCUT2D eigenvalue weighted by molar-refractivity contribution is 5.96. The van der Waals surface area contributed by atoms with Crippen LogP contribution >= 0.6 is 0 Å². The van der Waals surface area contributed by atoms with Gasteiger partial charge in [-0.1, -0.05) is 12.1 Å². The fourth-order valence-electron chi connectivity index (χ4n) is 2.72. The molecule has 0 heterocycles. The van der Waals surface area contributed by atoms with Crippen LogP contribution < -0.4 is 27.4 Å². The zero-order valence-corrected chi connectivity index (χ0v) is 18.2. The molecule has 4 amide bonds. The second kappa shape index (κ2) is 12.7. The number of nitrogens with two attached hydrogens (primary N) is 2. The molecule has 34 heavy (non-hydrogen) atoms. The first-order valence-corrected chi connectivity index (χ1v) is 9.97. The number of carboxylic acids is 2. The van der Waals surface area contributed by atoms with Crippen LogP contribution in [0.25, 0.3) is 0 Å². The molecule has 0 spiro atoms. The summed E-state index contributed by atoms with van der Waals surface area (Å²) in [6.45, 7) is 1.27. The Morgan fingerprint density at radius 1 is 0.853 bits per heavy atom. The summed E-state index contributed by atoms with van der Waals surface area (Å²) in [7, 11) is 0. The Kier molecular flexibility index (Phi) is 10.4. The summed E-state index contributed by atoms with van der Waals surface area (Å²) in [4.78, 5) is 70.4. The molecule has 0 aromatic heterocycles. The molecule has 0 saturated carbocycles. The molecule has 0 aliphatic carbocycles. The van der Waals surface area contributed by atoms with E-state index < -0.39 is 72.6 Å². The van der Waals surface area contributed by atoms with E-state index in [0.29, 0.717) is 5.56 Å². The quantitative estimate of drug-likeness (QED) is 0.143. The van der Waals surface area contributed by atoms with Crippen LogP contribution in [0.15, 0.2) is 24.3 Å². The predicted octanol–water partition coefficient (Wildman–Crippen LogP) is -2.83. The Bertz CT molecular complexity index is 935. The average Bonchev–Trinajstić information content (AvgIpc) is 2.73. The van der Waals surface area contributed by atoms with Crippen molar-refractivity contribution in [3.8, 4) is 5.75 Å². The van der Waals surface area contributed by atoms with Crippen molar-refractivity contribution in [1.82, 2.24) is 16.0 Å². The number of rotatable bonds is 13. The summed E-state index contributed by atoms with van der Waals surface area (Å²) < 4.78 is 0. The molecule has 0 bridgehead atoms. The molecule has 186 valence electrons. The highest BCUT2D eigenvalue weighted by Gasteiger charge is 2.31. The molecular formula is C20H27N5O9. The summed E-state index contributed by atoms with van der Waals surface area (Å²) in [6.07, 6.45) is -1.55. The molecule has 1 aromatic carbocycles. The topological polar surface area (TPSA) is 251 Å². The SMILES string of the molecule is CC(NC(=O)C(N)Cc1ccc(O)cc1)C(=O)NC(CC(=O)O)C(=O)NC(CC(N)=O)C(=O)O. The van der Waals surface area contributed by atoms with Gasteiger partial charge in [-0.15, -0.1) is 0 Å². The van der Waals surface area contributed by atoms with Crippen LogP contribution in [-0.4, -0.2) is 75.1 Å². The summed E-state index contributed by atoms with van der Waals surface area (Å²) in [5.74, 6) is -6.86. The Labute approximate surface area is 193 Å². The van der Waals surface area contributed by atoms with Gasteiger partial charge in [-0.05, 0) is 31.0 Å². The molecule has 4 atom stereocenters. The number of primary amides is 1. The maximum Gasteiger partial charge on any atom is 0.326 e. The van der Waals surface area contributed by atoms with Crippen molar-refractivity contribution in [3.05, 3.63) is 29.8 Å². The maximum atomic E-state index is 12.4. The van der Waals surface area contributed by atoms with Gasteiger partial charge in [-0.25, -0.2) is 4.79 Å². The van der Waals surface area contributed by atoms with E-state index in [2.05, 4.69) is 10.6 Å². The Morgan fingerprint density at radius 2 is 1.41 bits per heavy atom. The van der Waals surface area contributed by atoms with Crippen LogP contribution in [0, 0.1) is 0 Å². The minimum Gasteiger partial charge on any atom is -0.508 e. The van der Waals surface area contributed by atoms with Gasteiger partial charge in [0.05, 0.1) is 18.9 Å². The van der Waals surface area contributed by atoms with Gasteiger partial charge in [0.15, 0.2) is 0 Å². The van der Waals surface area contributed by atoms with Crippen molar-refractivity contribution in [2.45, 2.75) is 50.4 Å². The monoisotopic (exact) mass is 481 g/mol. The average molecular weight is 481 g/mol. The molecule has 14 nitrogen and oxygen atoms in total. The molecule has 0 saturated heterocycles. The molecule has 1 rings (SSSR count). The fourth-order valence-corrected chi connectivity index (χ4v) is 2.72. The normalized spacial score (nSPS) is 14.1. The zero-order chi connectivity index (χ0) is 26.0. The van der Waals surface area contributed by atoms with E-state index >= 15 is 0 Å². The molecule has 1 aromatic rings. The lowest BCUT2D eigenvalue weighted by Crippen LogP contribution is -2.57. The van der Waals surface area contributed by atoms with Crippen molar-refractivity contribution < 1.29 is 44.1 Å². The van der Waals surface area contributed by atoms with Crippen molar-refractivity contribution in [1.29, 1.82) is 0 Å². The molecular weight excluding hydrogens is 454 g/mol. The van der Waals surface area contributed by atoms with E-state index in [9.17, 15) is 33.9 Å². The molecule has 14 heteroatoms. The molecule has 10 N–H and O–H groups in total. The number of aromatic hydroxyl groups is 1. The van der Waals surface area contributed by atoms with E-state index in [-0.39, 0.29) is 12.2 Å². The summed E-state index contributed by atoms with van der Waals surface area (Å²) >= 11 is 0. The smallest absolute Gasteiger partial charge is 0.326 e. The third kappa shape index (κ3) is 9.52. The van der Waals surface area contributed by atoms with Crippen LogP contribution in [0.1, 0.15) is 25.3 Å². The summed E-state index contributed by atoms with van der Waals surface area (Å²) in [5, 5.41) is 33.8. The summed E-state index contributed by atoms with van der Waals surface area (Å²) in [5.41, 5.74) is 11.4. The first kappa shape index (κ1) is 27.8. The zero-order valence-electron chi connectivity index (χ0n) is 18.2. The number of aliphatic carboxylic acids is 2. The van der Waals surface area contributed by atoms with Crippen LogP contribution in [0.2, 0.25) is 0 Å². The van der Waals surface area contributed by atoms with E-state index in [1.807, 2.05) is 5.32 Å². The number of phenols is 1. The number of carbonyl (C=O) groups excluding carboxylic acids is 4. The molecule has 0 aliphatic heterocycles. The van der Waals surface area contributed by atoms with Crippen molar-refractivity contribution in [2.24, 2.45) is 11.5 Å². The number of carboxylic acid groups (broad SMARTS) is 2. The van der Waals surface area contributed by atoms with Crippen molar-refractivity contribution >= 4 is 35.6 Å². The fraction of sp³-hybridized carbons (Fsp3) is 0.400. The van der Waals surface area contributed by atoms with Crippen LogP contribution in [0.3, 0.4) is 0 Å². The number of amides is 4. The minimum absolute atomic E-state index is 0.0383. The maximum absolute atomic E-state index is 12.4. The van der Waals surface area contributed by atoms with Gasteiger partial charge in [-0.3, -0.25) is 24.0 Å². The molecule has 4 unspecified atom stereocenters. The van der Waals surface area contributed by atoms with Gasteiger partial charge < -0.3 is 42.7 Å².